The summed E-state index contributed by atoms with van der Waals surface area (Å²) in [5.41, 5.74) is 4.33. The van der Waals surface area contributed by atoms with E-state index in [2.05, 4.69) is 11.0 Å². The van der Waals surface area contributed by atoms with Crippen molar-refractivity contribution in [3.8, 4) is 18.0 Å². The van der Waals surface area contributed by atoms with E-state index in [-0.39, 0.29) is 5.56 Å². The van der Waals surface area contributed by atoms with Gasteiger partial charge in [-0.1, -0.05) is 5.92 Å². The van der Waals surface area contributed by atoms with Gasteiger partial charge in [-0.3, -0.25) is 0 Å². The zero-order valence-electron chi connectivity index (χ0n) is 11.1. The molecule has 2 aromatic rings. The lowest BCUT2D eigenvalue weighted by Crippen LogP contribution is -2.04. The third-order valence-electron chi connectivity index (χ3n) is 3.29. The number of hydrogen-bond acceptors (Lipinski definition) is 2. The molecule has 0 amide bonds. The predicted octanol–water partition coefficient (Wildman–Crippen LogP) is 2.48. The highest BCUT2D eigenvalue weighted by molar-refractivity contribution is 5.91. The third-order valence-corrected chi connectivity index (χ3v) is 3.29. The van der Waals surface area contributed by atoms with Gasteiger partial charge in [0.1, 0.15) is 0 Å². The van der Waals surface area contributed by atoms with Gasteiger partial charge in [0.2, 0.25) is 0 Å². The molecule has 96 valence electrons. The average Bonchev–Trinajstić information content (AvgIpc) is 2.65. The molecule has 1 aromatic carbocycles. The molecule has 0 bridgehead atoms. The molecule has 0 atom stereocenters. The number of aromatic carboxylic acids is 1. The van der Waals surface area contributed by atoms with E-state index in [4.69, 9.17) is 11.5 Å². The molecular formula is C15H14N2O2. The molecule has 1 aromatic heterocycles. The highest BCUT2D eigenvalue weighted by Gasteiger charge is 2.13. The quantitative estimate of drug-likeness (QED) is 0.838. The molecular weight excluding hydrogens is 240 g/mol. The first-order chi connectivity index (χ1) is 8.95. The van der Waals surface area contributed by atoms with Gasteiger partial charge in [0.15, 0.2) is 0 Å². The smallest absolute Gasteiger partial charge is 0.336 e. The van der Waals surface area contributed by atoms with Gasteiger partial charge >= 0.3 is 5.97 Å². The molecule has 0 aliphatic rings. The fourth-order valence-corrected chi connectivity index (χ4v) is 1.94. The van der Waals surface area contributed by atoms with E-state index in [9.17, 15) is 4.79 Å². The third kappa shape index (κ3) is 2.11. The van der Waals surface area contributed by atoms with Crippen molar-refractivity contribution >= 4 is 5.97 Å². The summed E-state index contributed by atoms with van der Waals surface area (Å²) < 4.78 is 1.77. The van der Waals surface area contributed by atoms with Gasteiger partial charge in [0.25, 0.3) is 0 Å². The molecule has 0 aliphatic carbocycles. The van der Waals surface area contributed by atoms with Gasteiger partial charge in [0.05, 0.1) is 16.9 Å². The number of carbonyl (C=O) groups is 1. The standard InChI is InChI=1S/C15H14N2O2/c1-5-12-8-13(6-7-14(12)15(18)19)17-11(4)9(2)10(3)16-17/h1,6-8H,2-4H3,(H,18,19). The molecule has 2 rings (SSSR count). The fourth-order valence-electron chi connectivity index (χ4n) is 1.94. The lowest BCUT2D eigenvalue weighted by atomic mass is 10.1. The minimum atomic E-state index is -1.02. The number of nitrogens with zero attached hydrogens (tertiary/aromatic N) is 2. The molecule has 0 unspecified atom stereocenters. The summed E-state index contributed by atoms with van der Waals surface area (Å²) in [6.45, 7) is 5.91. The molecule has 0 spiro atoms. The maximum absolute atomic E-state index is 11.0. The van der Waals surface area contributed by atoms with E-state index in [1.54, 1.807) is 16.8 Å². The summed E-state index contributed by atoms with van der Waals surface area (Å²) in [7, 11) is 0. The highest BCUT2D eigenvalue weighted by Crippen LogP contribution is 2.19. The number of rotatable bonds is 2. The zero-order valence-corrected chi connectivity index (χ0v) is 11.1. The summed E-state index contributed by atoms with van der Waals surface area (Å²) >= 11 is 0. The van der Waals surface area contributed by atoms with Crippen LogP contribution in [0.3, 0.4) is 0 Å². The Morgan fingerprint density at radius 1 is 1.37 bits per heavy atom. The minimum absolute atomic E-state index is 0.129. The Bertz CT molecular complexity index is 706. The van der Waals surface area contributed by atoms with Crippen LogP contribution in [-0.2, 0) is 0 Å². The number of carboxylic acid groups (broad SMARTS) is 1. The number of aromatic nitrogens is 2. The van der Waals surface area contributed by atoms with Crippen LogP contribution < -0.4 is 0 Å². The van der Waals surface area contributed by atoms with E-state index < -0.39 is 5.97 Å². The van der Waals surface area contributed by atoms with Gasteiger partial charge in [-0.15, -0.1) is 6.42 Å². The maximum atomic E-state index is 11.0. The minimum Gasteiger partial charge on any atom is -0.478 e. The summed E-state index contributed by atoms with van der Waals surface area (Å²) in [5.74, 6) is 1.38. The number of benzene rings is 1. The Kier molecular flexibility index (Phi) is 3.14. The van der Waals surface area contributed by atoms with Gasteiger partial charge in [-0.25, -0.2) is 9.48 Å². The number of terminal acetylenes is 1. The molecule has 1 heterocycles. The highest BCUT2D eigenvalue weighted by atomic mass is 16.4. The summed E-state index contributed by atoms with van der Waals surface area (Å²) in [6, 6.07) is 4.89. The van der Waals surface area contributed by atoms with Crippen molar-refractivity contribution in [1.29, 1.82) is 0 Å². The molecule has 4 nitrogen and oxygen atoms in total. The maximum Gasteiger partial charge on any atom is 0.336 e. The van der Waals surface area contributed by atoms with E-state index in [1.807, 2.05) is 20.8 Å². The van der Waals surface area contributed by atoms with Crippen LogP contribution in [0.4, 0.5) is 0 Å². The first-order valence-electron chi connectivity index (χ1n) is 5.83. The van der Waals surface area contributed by atoms with Crippen LogP contribution in [0.25, 0.3) is 5.69 Å². The summed E-state index contributed by atoms with van der Waals surface area (Å²) in [4.78, 5) is 11.0. The van der Waals surface area contributed by atoms with Crippen LogP contribution in [-0.4, -0.2) is 20.9 Å². The summed E-state index contributed by atoms with van der Waals surface area (Å²) in [5, 5.41) is 13.5. The second kappa shape index (κ2) is 4.62. The number of aryl methyl sites for hydroxylation is 1. The van der Waals surface area contributed by atoms with Crippen LogP contribution in [0.15, 0.2) is 18.2 Å². The molecule has 0 radical (unpaired) electrons. The van der Waals surface area contributed by atoms with Crippen LogP contribution in [0.1, 0.15) is 32.9 Å². The van der Waals surface area contributed by atoms with Crippen molar-refractivity contribution in [1.82, 2.24) is 9.78 Å². The molecule has 0 aliphatic heterocycles. The summed E-state index contributed by atoms with van der Waals surface area (Å²) in [6.07, 6.45) is 5.37. The van der Waals surface area contributed by atoms with Gasteiger partial charge < -0.3 is 5.11 Å². The van der Waals surface area contributed by atoms with Crippen LogP contribution in [0, 0.1) is 33.1 Å². The van der Waals surface area contributed by atoms with Crippen molar-refractivity contribution in [3.05, 3.63) is 46.3 Å². The Balaban J connectivity index is 2.62. The van der Waals surface area contributed by atoms with Gasteiger partial charge in [-0.2, -0.15) is 5.10 Å². The topological polar surface area (TPSA) is 55.1 Å². The first-order valence-corrected chi connectivity index (χ1v) is 5.83. The van der Waals surface area contributed by atoms with Crippen LogP contribution >= 0.6 is 0 Å². The van der Waals surface area contributed by atoms with Crippen molar-refractivity contribution in [3.63, 3.8) is 0 Å². The van der Waals surface area contributed by atoms with Gasteiger partial charge in [0, 0.05) is 11.3 Å². The predicted molar refractivity (Wildman–Crippen MR) is 72.7 cm³/mol. The van der Waals surface area contributed by atoms with Crippen LogP contribution in [0.5, 0.6) is 0 Å². The number of hydrogen-bond donors (Lipinski definition) is 1. The Morgan fingerprint density at radius 2 is 2.05 bits per heavy atom. The Hall–Kier alpha value is -2.54. The molecule has 4 heteroatoms. The number of carboxylic acids is 1. The van der Waals surface area contributed by atoms with E-state index in [0.29, 0.717) is 5.56 Å². The normalized spacial score (nSPS) is 10.2. The molecule has 0 saturated heterocycles. The molecule has 1 N–H and O–H groups in total. The zero-order chi connectivity index (χ0) is 14.2. The van der Waals surface area contributed by atoms with E-state index in [0.717, 1.165) is 22.6 Å². The monoisotopic (exact) mass is 254 g/mol. The van der Waals surface area contributed by atoms with Crippen molar-refractivity contribution in [2.75, 3.05) is 0 Å². The second-order valence-electron chi connectivity index (χ2n) is 4.39. The molecule has 19 heavy (non-hydrogen) atoms. The Labute approximate surface area is 111 Å². The first kappa shape index (κ1) is 12.9. The largest absolute Gasteiger partial charge is 0.478 e. The van der Waals surface area contributed by atoms with Crippen molar-refractivity contribution in [2.45, 2.75) is 20.8 Å². The van der Waals surface area contributed by atoms with E-state index >= 15 is 0 Å². The second-order valence-corrected chi connectivity index (χ2v) is 4.39. The SMILES string of the molecule is C#Cc1cc(-n2nc(C)c(C)c2C)ccc1C(=O)O. The van der Waals surface area contributed by atoms with E-state index in [1.165, 1.54) is 6.07 Å². The fraction of sp³-hybridized carbons (Fsp3) is 0.200. The van der Waals surface area contributed by atoms with Crippen molar-refractivity contribution < 1.29 is 9.90 Å². The van der Waals surface area contributed by atoms with Crippen LogP contribution in [0.2, 0.25) is 0 Å². The average molecular weight is 254 g/mol. The lowest BCUT2D eigenvalue weighted by molar-refractivity contribution is 0.0696. The molecule has 0 saturated carbocycles. The van der Waals surface area contributed by atoms with Crippen molar-refractivity contribution in [2.24, 2.45) is 0 Å². The van der Waals surface area contributed by atoms with Gasteiger partial charge in [-0.05, 0) is 44.5 Å². The lowest BCUT2D eigenvalue weighted by Gasteiger charge is -2.07. The Morgan fingerprint density at radius 3 is 2.53 bits per heavy atom. The molecule has 0 fully saturated rings.